The highest BCUT2D eigenvalue weighted by Crippen LogP contribution is 2.13. The van der Waals surface area contributed by atoms with Gasteiger partial charge in [0.05, 0.1) is 12.7 Å². The van der Waals surface area contributed by atoms with Crippen LogP contribution in [0, 0.1) is 0 Å². The first-order valence-electron chi connectivity index (χ1n) is 6.18. The Hall–Kier alpha value is -2.21. The lowest BCUT2D eigenvalue weighted by Crippen LogP contribution is -2.24. The Bertz CT molecular complexity index is 656. The highest BCUT2D eigenvalue weighted by atomic mass is 79.9. The first kappa shape index (κ1) is 15.2. The first-order valence-corrected chi connectivity index (χ1v) is 6.97. The molecule has 21 heavy (non-hydrogen) atoms. The van der Waals surface area contributed by atoms with E-state index in [4.69, 9.17) is 0 Å². The van der Waals surface area contributed by atoms with Crippen molar-refractivity contribution in [3.8, 4) is 0 Å². The highest BCUT2D eigenvalue weighted by Gasteiger charge is 2.10. The number of amides is 1. The lowest BCUT2D eigenvalue weighted by molar-refractivity contribution is 0.0600. The molecule has 2 rings (SSSR count). The molecule has 0 aliphatic rings. The van der Waals surface area contributed by atoms with Crippen LogP contribution in [0.4, 0.5) is 0 Å². The molecule has 0 saturated carbocycles. The summed E-state index contributed by atoms with van der Waals surface area (Å²) in [4.78, 5) is 27.3. The Morgan fingerprint density at radius 2 is 1.95 bits per heavy atom. The van der Waals surface area contributed by atoms with Gasteiger partial charge in [0.1, 0.15) is 5.69 Å². The molecule has 1 N–H and O–H groups in total. The summed E-state index contributed by atoms with van der Waals surface area (Å²) in [6.07, 6.45) is 1.56. The third-order valence-electron chi connectivity index (χ3n) is 2.80. The van der Waals surface area contributed by atoms with Crippen molar-refractivity contribution in [2.45, 2.75) is 6.54 Å². The SMILES string of the molecule is COC(=O)c1ccc(CNC(=O)c2ncccc2Br)cc1. The van der Waals surface area contributed by atoms with Crippen molar-refractivity contribution >= 4 is 27.8 Å². The van der Waals surface area contributed by atoms with Crippen LogP contribution >= 0.6 is 15.9 Å². The molecule has 1 heterocycles. The van der Waals surface area contributed by atoms with Crippen molar-refractivity contribution in [3.63, 3.8) is 0 Å². The molecule has 0 atom stereocenters. The molecule has 1 aromatic heterocycles. The summed E-state index contributed by atoms with van der Waals surface area (Å²) < 4.78 is 5.27. The molecule has 0 unspecified atom stereocenters. The fraction of sp³-hybridized carbons (Fsp3) is 0.133. The second-order valence-electron chi connectivity index (χ2n) is 4.21. The smallest absolute Gasteiger partial charge is 0.337 e. The van der Waals surface area contributed by atoms with Gasteiger partial charge >= 0.3 is 5.97 Å². The standard InChI is InChI=1S/C15H13BrN2O3/c1-21-15(20)11-6-4-10(5-7-11)9-18-14(19)13-12(16)3-2-8-17-13/h2-8H,9H2,1H3,(H,18,19). The van der Waals surface area contributed by atoms with E-state index < -0.39 is 0 Å². The van der Waals surface area contributed by atoms with Crippen LogP contribution in [0.5, 0.6) is 0 Å². The van der Waals surface area contributed by atoms with E-state index in [9.17, 15) is 9.59 Å². The van der Waals surface area contributed by atoms with Gasteiger partial charge in [0.25, 0.3) is 5.91 Å². The van der Waals surface area contributed by atoms with Crippen molar-refractivity contribution in [3.05, 3.63) is 63.9 Å². The number of nitrogens with one attached hydrogen (secondary N) is 1. The van der Waals surface area contributed by atoms with Gasteiger partial charge in [-0.05, 0) is 45.8 Å². The fourth-order valence-electron chi connectivity index (χ4n) is 1.70. The number of pyridine rings is 1. The van der Waals surface area contributed by atoms with E-state index in [1.54, 1.807) is 42.6 Å². The maximum atomic E-state index is 12.0. The van der Waals surface area contributed by atoms with Crippen molar-refractivity contribution in [2.24, 2.45) is 0 Å². The molecule has 0 aliphatic carbocycles. The number of methoxy groups -OCH3 is 1. The van der Waals surface area contributed by atoms with E-state index in [-0.39, 0.29) is 11.9 Å². The number of hydrogen-bond donors (Lipinski definition) is 1. The zero-order valence-corrected chi connectivity index (χ0v) is 12.9. The van der Waals surface area contributed by atoms with Gasteiger partial charge in [-0.1, -0.05) is 12.1 Å². The number of nitrogens with zero attached hydrogens (tertiary/aromatic N) is 1. The van der Waals surface area contributed by atoms with Crippen molar-refractivity contribution < 1.29 is 14.3 Å². The van der Waals surface area contributed by atoms with Crippen LogP contribution in [-0.2, 0) is 11.3 Å². The van der Waals surface area contributed by atoms with Crippen LogP contribution in [-0.4, -0.2) is 24.0 Å². The van der Waals surface area contributed by atoms with E-state index in [1.165, 1.54) is 7.11 Å². The highest BCUT2D eigenvalue weighted by molar-refractivity contribution is 9.10. The fourth-order valence-corrected chi connectivity index (χ4v) is 2.13. The van der Waals surface area contributed by atoms with Gasteiger partial charge in [-0.2, -0.15) is 0 Å². The van der Waals surface area contributed by atoms with Gasteiger partial charge < -0.3 is 10.1 Å². The average Bonchev–Trinajstić information content (AvgIpc) is 2.52. The number of ether oxygens (including phenoxy) is 1. The molecule has 0 radical (unpaired) electrons. The predicted octanol–water partition coefficient (Wildman–Crippen LogP) is 2.56. The molecule has 2 aromatic rings. The Morgan fingerprint density at radius 3 is 2.57 bits per heavy atom. The summed E-state index contributed by atoms with van der Waals surface area (Å²) in [6.45, 7) is 0.350. The Kier molecular flexibility index (Phi) is 5.05. The molecule has 1 aromatic carbocycles. The summed E-state index contributed by atoms with van der Waals surface area (Å²) in [7, 11) is 1.33. The number of halogens is 1. The maximum Gasteiger partial charge on any atom is 0.337 e. The zero-order chi connectivity index (χ0) is 15.2. The molecule has 1 amide bonds. The van der Waals surface area contributed by atoms with Crippen LogP contribution < -0.4 is 5.32 Å². The third kappa shape index (κ3) is 3.88. The number of benzene rings is 1. The minimum atomic E-state index is -0.386. The number of hydrogen-bond acceptors (Lipinski definition) is 4. The van der Waals surface area contributed by atoms with E-state index in [1.807, 2.05) is 0 Å². The second-order valence-corrected chi connectivity index (χ2v) is 5.06. The summed E-state index contributed by atoms with van der Waals surface area (Å²) in [5, 5.41) is 2.77. The van der Waals surface area contributed by atoms with Crippen molar-refractivity contribution in [1.82, 2.24) is 10.3 Å². The molecule has 0 fully saturated rings. The van der Waals surface area contributed by atoms with E-state index in [0.29, 0.717) is 22.3 Å². The number of aromatic nitrogens is 1. The van der Waals surface area contributed by atoms with Crippen LogP contribution in [0.2, 0.25) is 0 Å². The first-order chi connectivity index (χ1) is 10.1. The topological polar surface area (TPSA) is 68.3 Å². The van der Waals surface area contributed by atoms with Crippen molar-refractivity contribution in [2.75, 3.05) is 7.11 Å². The molecule has 6 heteroatoms. The summed E-state index contributed by atoms with van der Waals surface area (Å²) in [5.74, 6) is -0.650. The largest absolute Gasteiger partial charge is 0.465 e. The summed E-state index contributed by atoms with van der Waals surface area (Å²) in [6, 6.07) is 10.3. The Balaban J connectivity index is 1.99. The van der Waals surface area contributed by atoms with Gasteiger partial charge in [-0.15, -0.1) is 0 Å². The number of rotatable bonds is 4. The third-order valence-corrected chi connectivity index (χ3v) is 3.44. The zero-order valence-electron chi connectivity index (χ0n) is 11.3. The number of esters is 1. The normalized spacial score (nSPS) is 10.0. The molecular weight excluding hydrogens is 336 g/mol. The van der Waals surface area contributed by atoms with Crippen LogP contribution in [0.15, 0.2) is 47.1 Å². The molecular formula is C15H13BrN2O3. The Morgan fingerprint density at radius 1 is 1.24 bits per heavy atom. The average molecular weight is 349 g/mol. The molecule has 0 saturated heterocycles. The van der Waals surface area contributed by atoms with E-state index in [0.717, 1.165) is 5.56 Å². The van der Waals surface area contributed by atoms with Crippen LogP contribution in [0.25, 0.3) is 0 Å². The maximum absolute atomic E-state index is 12.0. The van der Waals surface area contributed by atoms with Gasteiger partial charge in [0, 0.05) is 17.2 Å². The quantitative estimate of drug-likeness (QED) is 0.862. The second kappa shape index (κ2) is 6.99. The predicted molar refractivity (Wildman–Crippen MR) is 80.9 cm³/mol. The van der Waals surface area contributed by atoms with Gasteiger partial charge in [-0.3, -0.25) is 4.79 Å². The van der Waals surface area contributed by atoms with Crippen LogP contribution in [0.3, 0.4) is 0 Å². The van der Waals surface area contributed by atoms with Crippen LogP contribution in [0.1, 0.15) is 26.4 Å². The summed E-state index contributed by atoms with van der Waals surface area (Å²) >= 11 is 3.28. The molecule has 0 spiro atoms. The van der Waals surface area contributed by atoms with Gasteiger partial charge in [-0.25, -0.2) is 9.78 Å². The molecule has 5 nitrogen and oxygen atoms in total. The van der Waals surface area contributed by atoms with E-state index in [2.05, 4.69) is 31.0 Å². The Labute approximate surface area is 130 Å². The molecule has 0 bridgehead atoms. The number of carbonyl (C=O) groups is 2. The van der Waals surface area contributed by atoms with Gasteiger partial charge in [0.2, 0.25) is 0 Å². The minimum Gasteiger partial charge on any atom is -0.465 e. The molecule has 0 aliphatic heterocycles. The monoisotopic (exact) mass is 348 g/mol. The van der Waals surface area contributed by atoms with Gasteiger partial charge in [0.15, 0.2) is 0 Å². The van der Waals surface area contributed by atoms with Crippen molar-refractivity contribution in [1.29, 1.82) is 0 Å². The minimum absolute atomic E-state index is 0.264. The lowest BCUT2D eigenvalue weighted by atomic mass is 10.1. The van der Waals surface area contributed by atoms with E-state index >= 15 is 0 Å². The number of carbonyl (C=O) groups excluding carboxylic acids is 2. The lowest BCUT2D eigenvalue weighted by Gasteiger charge is -2.06. The molecule has 108 valence electrons. The summed E-state index contributed by atoms with van der Waals surface area (Å²) in [5.41, 5.74) is 1.69.